The van der Waals surface area contributed by atoms with E-state index in [1.165, 1.54) is 22.9 Å². The smallest absolute Gasteiger partial charge is 0.416 e. The number of hydrogen-bond acceptors (Lipinski definition) is 4. The Hall–Kier alpha value is -3.16. The van der Waals surface area contributed by atoms with Crippen LogP contribution in [0.4, 0.5) is 13.2 Å². The summed E-state index contributed by atoms with van der Waals surface area (Å²) >= 11 is 0. The number of alkyl halides is 3. The molecule has 0 radical (unpaired) electrons. The van der Waals surface area contributed by atoms with Crippen molar-refractivity contribution < 1.29 is 22.7 Å². The number of carbonyl (C=O) groups is 1. The van der Waals surface area contributed by atoms with Gasteiger partial charge >= 0.3 is 12.1 Å². The van der Waals surface area contributed by atoms with Crippen LogP contribution in [0.3, 0.4) is 0 Å². The first-order chi connectivity index (χ1) is 12.4. The molecule has 0 aliphatic rings. The maximum Gasteiger partial charge on any atom is 0.416 e. The third kappa shape index (κ3) is 3.58. The molecule has 0 aliphatic heterocycles. The van der Waals surface area contributed by atoms with Crippen molar-refractivity contribution in [3.8, 4) is 16.9 Å². The largest absolute Gasteiger partial charge is 0.461 e. The zero-order valence-corrected chi connectivity index (χ0v) is 13.7. The van der Waals surface area contributed by atoms with Gasteiger partial charge in [0.2, 0.25) is 0 Å². The summed E-state index contributed by atoms with van der Waals surface area (Å²) in [5, 5.41) is 4.15. The normalized spacial score (nSPS) is 11.4. The number of hydrogen-bond donors (Lipinski definition) is 0. The average Bonchev–Trinajstić information content (AvgIpc) is 3.08. The molecule has 3 rings (SSSR count). The van der Waals surface area contributed by atoms with Gasteiger partial charge in [0.25, 0.3) is 0 Å². The minimum Gasteiger partial charge on any atom is -0.461 e. The van der Waals surface area contributed by atoms with Crippen molar-refractivity contribution in [1.82, 2.24) is 14.8 Å². The highest BCUT2D eigenvalue weighted by molar-refractivity contribution is 5.89. The molecule has 0 atom stereocenters. The Bertz CT molecular complexity index is 921. The van der Waals surface area contributed by atoms with Crippen LogP contribution < -0.4 is 0 Å². The maximum absolute atomic E-state index is 13.0. The first-order valence-corrected chi connectivity index (χ1v) is 7.75. The van der Waals surface area contributed by atoms with Gasteiger partial charge in [-0.15, -0.1) is 0 Å². The molecule has 0 saturated heterocycles. The Morgan fingerprint density at radius 3 is 2.54 bits per heavy atom. The fourth-order valence-corrected chi connectivity index (χ4v) is 2.42. The molecule has 0 bridgehead atoms. The average molecular weight is 361 g/mol. The zero-order valence-electron chi connectivity index (χ0n) is 13.7. The van der Waals surface area contributed by atoms with Gasteiger partial charge in [0, 0.05) is 18.0 Å². The number of ether oxygens (including phenoxy) is 1. The third-order valence-corrected chi connectivity index (χ3v) is 3.59. The minimum absolute atomic E-state index is 0.0103. The van der Waals surface area contributed by atoms with Gasteiger partial charge in [0.05, 0.1) is 23.6 Å². The highest BCUT2D eigenvalue weighted by Gasteiger charge is 2.31. The van der Waals surface area contributed by atoms with Crippen molar-refractivity contribution in [1.29, 1.82) is 0 Å². The molecule has 8 heteroatoms. The van der Waals surface area contributed by atoms with Crippen LogP contribution in [0.5, 0.6) is 0 Å². The van der Waals surface area contributed by atoms with E-state index in [-0.39, 0.29) is 18.0 Å². The van der Waals surface area contributed by atoms with E-state index in [1.807, 2.05) is 0 Å². The molecule has 0 unspecified atom stereocenters. The van der Waals surface area contributed by atoms with Gasteiger partial charge in [-0.3, -0.25) is 4.98 Å². The SMILES string of the molecule is CCOC(=O)c1cc(-c2ccncc2)n(-c2cccc(C(F)(F)F)c2)n1. The summed E-state index contributed by atoms with van der Waals surface area (Å²) < 4.78 is 45.3. The standard InChI is InChI=1S/C18H14F3N3O2/c1-2-26-17(25)15-11-16(12-6-8-22-9-7-12)24(23-15)14-5-3-4-13(10-14)18(19,20)21/h3-11H,2H2,1H3. The van der Waals surface area contributed by atoms with E-state index in [0.717, 1.165) is 12.1 Å². The summed E-state index contributed by atoms with van der Waals surface area (Å²) in [4.78, 5) is 15.9. The third-order valence-electron chi connectivity index (χ3n) is 3.59. The van der Waals surface area contributed by atoms with Crippen LogP contribution >= 0.6 is 0 Å². The molecular weight excluding hydrogens is 347 g/mol. The molecular formula is C18H14F3N3O2. The molecule has 0 fully saturated rings. The van der Waals surface area contributed by atoms with Gasteiger partial charge in [0.15, 0.2) is 5.69 Å². The number of aromatic nitrogens is 3. The van der Waals surface area contributed by atoms with Crippen molar-refractivity contribution in [2.75, 3.05) is 6.61 Å². The van der Waals surface area contributed by atoms with Crippen LogP contribution in [-0.2, 0) is 10.9 Å². The molecule has 134 valence electrons. The summed E-state index contributed by atoms with van der Waals surface area (Å²) in [5.74, 6) is -0.645. The number of benzene rings is 1. The predicted molar refractivity (Wildman–Crippen MR) is 87.8 cm³/mol. The summed E-state index contributed by atoms with van der Waals surface area (Å²) in [7, 11) is 0. The van der Waals surface area contributed by atoms with E-state index in [9.17, 15) is 18.0 Å². The van der Waals surface area contributed by atoms with Gasteiger partial charge in [-0.1, -0.05) is 6.07 Å². The second-order valence-electron chi connectivity index (χ2n) is 5.33. The van der Waals surface area contributed by atoms with Gasteiger partial charge < -0.3 is 4.74 Å². The topological polar surface area (TPSA) is 57.0 Å². The van der Waals surface area contributed by atoms with E-state index < -0.39 is 17.7 Å². The van der Waals surface area contributed by atoms with Crippen LogP contribution in [0.25, 0.3) is 16.9 Å². The first kappa shape index (κ1) is 17.7. The van der Waals surface area contributed by atoms with Gasteiger partial charge in [-0.05, 0) is 43.3 Å². The first-order valence-electron chi connectivity index (χ1n) is 7.75. The fourth-order valence-electron chi connectivity index (χ4n) is 2.42. The quantitative estimate of drug-likeness (QED) is 0.656. The molecule has 1 aromatic carbocycles. The van der Waals surface area contributed by atoms with Crippen LogP contribution in [0, 0.1) is 0 Å². The second kappa shape index (κ2) is 6.99. The van der Waals surface area contributed by atoms with Crippen LogP contribution in [0.15, 0.2) is 54.9 Å². The van der Waals surface area contributed by atoms with Crippen LogP contribution in [0.2, 0.25) is 0 Å². The second-order valence-corrected chi connectivity index (χ2v) is 5.33. The lowest BCUT2D eigenvalue weighted by Crippen LogP contribution is -2.08. The Kier molecular flexibility index (Phi) is 4.75. The molecule has 2 aromatic heterocycles. The van der Waals surface area contributed by atoms with Gasteiger partial charge in [-0.2, -0.15) is 18.3 Å². The molecule has 3 aromatic rings. The molecule has 5 nitrogen and oxygen atoms in total. The van der Waals surface area contributed by atoms with Crippen molar-refractivity contribution in [3.63, 3.8) is 0 Å². The van der Waals surface area contributed by atoms with Crippen molar-refractivity contribution in [3.05, 3.63) is 66.1 Å². The lowest BCUT2D eigenvalue weighted by Gasteiger charge is -2.11. The van der Waals surface area contributed by atoms with E-state index in [2.05, 4.69) is 10.1 Å². The lowest BCUT2D eigenvalue weighted by molar-refractivity contribution is -0.137. The number of carbonyl (C=O) groups excluding carboxylic acids is 1. The fraction of sp³-hybridized carbons (Fsp3) is 0.167. The molecule has 0 N–H and O–H groups in total. The minimum atomic E-state index is -4.48. The molecule has 2 heterocycles. The number of nitrogens with zero attached hydrogens (tertiary/aromatic N) is 3. The lowest BCUT2D eigenvalue weighted by atomic mass is 10.1. The molecule has 0 aliphatic carbocycles. The maximum atomic E-state index is 13.0. The zero-order chi connectivity index (χ0) is 18.7. The Morgan fingerprint density at radius 2 is 1.88 bits per heavy atom. The van der Waals surface area contributed by atoms with E-state index in [0.29, 0.717) is 11.3 Å². The Labute approximate surface area is 147 Å². The summed E-state index contributed by atoms with van der Waals surface area (Å²) in [6, 6.07) is 9.57. The number of esters is 1. The van der Waals surface area contributed by atoms with Crippen molar-refractivity contribution in [2.24, 2.45) is 0 Å². The van der Waals surface area contributed by atoms with E-state index in [4.69, 9.17) is 4.74 Å². The predicted octanol–water partition coefficient (Wildman–Crippen LogP) is 4.13. The van der Waals surface area contributed by atoms with Crippen molar-refractivity contribution >= 4 is 5.97 Å². The monoisotopic (exact) mass is 361 g/mol. The molecule has 26 heavy (non-hydrogen) atoms. The van der Waals surface area contributed by atoms with Crippen molar-refractivity contribution in [2.45, 2.75) is 13.1 Å². The number of halogens is 3. The Balaban J connectivity index is 2.15. The molecule has 0 spiro atoms. The van der Waals surface area contributed by atoms with Gasteiger partial charge in [-0.25, -0.2) is 9.48 Å². The van der Waals surface area contributed by atoms with Gasteiger partial charge in [0.1, 0.15) is 0 Å². The molecule has 0 saturated carbocycles. The summed E-state index contributed by atoms with van der Waals surface area (Å²) in [6.45, 7) is 1.82. The Morgan fingerprint density at radius 1 is 1.15 bits per heavy atom. The number of rotatable bonds is 4. The van der Waals surface area contributed by atoms with Crippen LogP contribution in [0.1, 0.15) is 23.0 Å². The molecule has 0 amide bonds. The summed E-state index contributed by atoms with van der Waals surface area (Å²) in [5.41, 5.74) is 0.498. The number of pyridine rings is 1. The van der Waals surface area contributed by atoms with E-state index >= 15 is 0 Å². The highest BCUT2D eigenvalue weighted by Crippen LogP contribution is 2.31. The summed E-state index contributed by atoms with van der Waals surface area (Å²) in [6.07, 6.45) is -1.39. The van der Waals surface area contributed by atoms with E-state index in [1.54, 1.807) is 31.5 Å². The van der Waals surface area contributed by atoms with Crippen LogP contribution in [-0.4, -0.2) is 27.3 Å². The highest BCUT2D eigenvalue weighted by atomic mass is 19.4.